The number of hydrogen-bond acceptors (Lipinski definition) is 5. The first-order valence-electron chi connectivity index (χ1n) is 8.24. The maximum atomic E-state index is 11.4. The van der Waals surface area contributed by atoms with Crippen LogP contribution in [-0.2, 0) is 4.79 Å². The molecule has 134 valence electrons. The number of nitrogens with zero attached hydrogens (tertiary/aromatic N) is 2. The minimum atomic E-state index is -0.926. The molecule has 0 amide bonds. The van der Waals surface area contributed by atoms with Gasteiger partial charge in [0.25, 0.3) is 0 Å². The van der Waals surface area contributed by atoms with Gasteiger partial charge in [0, 0.05) is 12.5 Å². The Morgan fingerprint density at radius 3 is 2.65 bits per heavy atom. The zero-order valence-electron chi connectivity index (χ0n) is 14.9. The minimum absolute atomic E-state index is 0.129. The number of carboxylic acid groups (broad SMARTS) is 1. The van der Waals surface area contributed by atoms with Gasteiger partial charge in [-0.15, -0.1) is 10.2 Å². The fourth-order valence-corrected chi connectivity index (χ4v) is 2.95. The third kappa shape index (κ3) is 3.74. The van der Waals surface area contributed by atoms with Crippen molar-refractivity contribution >= 4 is 5.97 Å². The first kappa shape index (κ1) is 17.7. The number of rotatable bonds is 6. The van der Waals surface area contributed by atoms with Gasteiger partial charge in [0.2, 0.25) is 11.8 Å². The number of aliphatic carboxylic acids is 1. The number of methoxy groups -OCH3 is 1. The first-order valence-corrected chi connectivity index (χ1v) is 8.24. The topological polar surface area (TPSA) is 85.5 Å². The van der Waals surface area contributed by atoms with E-state index in [1.165, 1.54) is 0 Å². The maximum absolute atomic E-state index is 11.4. The smallest absolute Gasteiger partial charge is 0.304 e. The van der Waals surface area contributed by atoms with Crippen molar-refractivity contribution in [3.05, 3.63) is 65.4 Å². The molecular weight excluding hydrogens is 332 g/mol. The monoisotopic (exact) mass is 352 g/mol. The Morgan fingerprint density at radius 2 is 2.00 bits per heavy atom. The molecule has 1 heterocycles. The molecule has 1 atom stereocenters. The van der Waals surface area contributed by atoms with E-state index in [0.29, 0.717) is 11.8 Å². The highest BCUT2D eigenvalue weighted by Gasteiger charge is 2.24. The van der Waals surface area contributed by atoms with Crippen molar-refractivity contribution < 1.29 is 19.1 Å². The number of carboxylic acids is 1. The van der Waals surface area contributed by atoms with Gasteiger partial charge in [-0.2, -0.15) is 0 Å². The van der Waals surface area contributed by atoms with Crippen LogP contribution in [0.15, 0.2) is 46.9 Å². The van der Waals surface area contributed by atoms with Gasteiger partial charge in [0.05, 0.1) is 19.4 Å². The van der Waals surface area contributed by atoms with Crippen molar-refractivity contribution in [3.8, 4) is 16.9 Å². The minimum Gasteiger partial charge on any atom is -0.496 e. The summed E-state index contributed by atoms with van der Waals surface area (Å²) in [6.45, 7) is 3.70. The van der Waals surface area contributed by atoms with Crippen LogP contribution in [0.5, 0.6) is 5.75 Å². The van der Waals surface area contributed by atoms with Crippen LogP contribution in [0.4, 0.5) is 0 Å². The van der Waals surface area contributed by atoms with Gasteiger partial charge in [0.1, 0.15) is 5.75 Å². The van der Waals surface area contributed by atoms with Crippen molar-refractivity contribution in [2.45, 2.75) is 26.2 Å². The second-order valence-electron chi connectivity index (χ2n) is 6.14. The van der Waals surface area contributed by atoms with Crippen LogP contribution >= 0.6 is 0 Å². The normalized spacial score (nSPS) is 12.0. The maximum Gasteiger partial charge on any atom is 0.304 e. The largest absolute Gasteiger partial charge is 0.496 e. The highest BCUT2D eigenvalue weighted by atomic mass is 16.5. The summed E-state index contributed by atoms with van der Waals surface area (Å²) in [6, 6.07) is 13.6. The van der Waals surface area contributed by atoms with E-state index >= 15 is 0 Å². The lowest BCUT2D eigenvalue weighted by atomic mass is 9.92. The van der Waals surface area contributed by atoms with Crippen LogP contribution in [0.25, 0.3) is 11.1 Å². The predicted octanol–water partition coefficient (Wildman–Crippen LogP) is 3.97. The summed E-state index contributed by atoms with van der Waals surface area (Å²) in [5.74, 6) is 0.0372. The number of ether oxygens (including phenoxy) is 1. The van der Waals surface area contributed by atoms with E-state index < -0.39 is 11.9 Å². The molecule has 26 heavy (non-hydrogen) atoms. The number of aryl methyl sites for hydroxylation is 2. The quantitative estimate of drug-likeness (QED) is 0.722. The van der Waals surface area contributed by atoms with Gasteiger partial charge >= 0.3 is 5.97 Å². The van der Waals surface area contributed by atoms with Gasteiger partial charge in [-0.1, -0.05) is 35.9 Å². The lowest BCUT2D eigenvalue weighted by molar-refractivity contribution is -0.137. The molecule has 6 nitrogen and oxygen atoms in total. The highest BCUT2D eigenvalue weighted by molar-refractivity contribution is 5.73. The van der Waals surface area contributed by atoms with E-state index in [4.69, 9.17) is 9.15 Å². The summed E-state index contributed by atoms with van der Waals surface area (Å²) in [4.78, 5) is 11.4. The van der Waals surface area contributed by atoms with Gasteiger partial charge < -0.3 is 14.3 Å². The first-order chi connectivity index (χ1) is 12.5. The van der Waals surface area contributed by atoms with E-state index in [1.54, 1.807) is 14.0 Å². The Labute approximate surface area is 151 Å². The molecule has 3 rings (SSSR count). The molecule has 0 aliphatic heterocycles. The lowest BCUT2D eigenvalue weighted by Gasteiger charge is -2.14. The molecule has 6 heteroatoms. The van der Waals surface area contributed by atoms with Gasteiger partial charge in [0.15, 0.2) is 0 Å². The molecule has 0 aliphatic rings. The summed E-state index contributed by atoms with van der Waals surface area (Å²) in [5.41, 5.74) is 3.80. The fraction of sp³-hybridized carbons (Fsp3) is 0.250. The Kier molecular flexibility index (Phi) is 5.02. The van der Waals surface area contributed by atoms with E-state index in [0.717, 1.165) is 28.0 Å². The molecule has 1 unspecified atom stereocenters. The average molecular weight is 352 g/mol. The lowest BCUT2D eigenvalue weighted by Crippen LogP contribution is -2.08. The number of aromatic nitrogens is 2. The molecule has 0 fully saturated rings. The van der Waals surface area contributed by atoms with E-state index in [-0.39, 0.29) is 6.42 Å². The Morgan fingerprint density at radius 1 is 1.19 bits per heavy atom. The molecule has 1 N–H and O–H groups in total. The van der Waals surface area contributed by atoms with Crippen molar-refractivity contribution in [3.63, 3.8) is 0 Å². The van der Waals surface area contributed by atoms with Crippen molar-refractivity contribution in [1.82, 2.24) is 10.2 Å². The Bertz CT molecular complexity index is 933. The predicted molar refractivity (Wildman–Crippen MR) is 96.3 cm³/mol. The fourth-order valence-electron chi connectivity index (χ4n) is 2.95. The number of benzene rings is 2. The Balaban J connectivity index is 2.07. The summed E-state index contributed by atoms with van der Waals surface area (Å²) in [7, 11) is 1.63. The molecule has 0 saturated heterocycles. The molecule has 0 bridgehead atoms. The summed E-state index contributed by atoms with van der Waals surface area (Å²) < 4.78 is 11.0. The standard InChI is InChI=1S/C20H20N2O4/c1-12-7-8-18(25-3)16(9-12)14-5-4-6-15(10-14)17(11-19(23)24)20-22-21-13(2)26-20/h4-10,17H,11H2,1-3H3,(H,23,24). The van der Waals surface area contributed by atoms with Crippen molar-refractivity contribution in [2.75, 3.05) is 7.11 Å². The molecular formula is C20H20N2O4. The third-order valence-electron chi connectivity index (χ3n) is 4.17. The van der Waals surface area contributed by atoms with Gasteiger partial charge in [-0.25, -0.2) is 0 Å². The molecule has 1 aromatic heterocycles. The van der Waals surface area contributed by atoms with Crippen LogP contribution in [0.2, 0.25) is 0 Å². The molecule has 0 radical (unpaired) electrons. The molecule has 0 aliphatic carbocycles. The van der Waals surface area contributed by atoms with Gasteiger partial charge in [-0.3, -0.25) is 4.79 Å². The molecule has 0 saturated carbocycles. The van der Waals surface area contributed by atoms with Crippen LogP contribution in [0.3, 0.4) is 0 Å². The molecule has 2 aromatic carbocycles. The highest BCUT2D eigenvalue weighted by Crippen LogP contribution is 2.34. The van der Waals surface area contributed by atoms with Crippen LogP contribution < -0.4 is 4.74 Å². The second kappa shape index (κ2) is 7.39. The van der Waals surface area contributed by atoms with Crippen LogP contribution in [0.1, 0.15) is 35.2 Å². The summed E-state index contributed by atoms with van der Waals surface area (Å²) >= 11 is 0. The van der Waals surface area contributed by atoms with Crippen LogP contribution in [0, 0.1) is 13.8 Å². The third-order valence-corrected chi connectivity index (χ3v) is 4.17. The van der Waals surface area contributed by atoms with Gasteiger partial charge in [-0.05, 0) is 30.2 Å². The number of hydrogen-bond donors (Lipinski definition) is 1. The Hall–Kier alpha value is -3.15. The van der Waals surface area contributed by atoms with Crippen LogP contribution in [-0.4, -0.2) is 28.4 Å². The zero-order chi connectivity index (χ0) is 18.7. The number of carbonyl (C=O) groups is 1. The molecule has 3 aromatic rings. The van der Waals surface area contributed by atoms with E-state index in [9.17, 15) is 9.90 Å². The summed E-state index contributed by atoms with van der Waals surface area (Å²) in [5, 5.41) is 17.2. The van der Waals surface area contributed by atoms with E-state index in [2.05, 4.69) is 10.2 Å². The van der Waals surface area contributed by atoms with E-state index in [1.807, 2.05) is 49.4 Å². The SMILES string of the molecule is COc1ccc(C)cc1-c1cccc(C(CC(=O)O)c2nnc(C)o2)c1. The second-order valence-corrected chi connectivity index (χ2v) is 6.14. The van der Waals surface area contributed by atoms with Crippen molar-refractivity contribution in [1.29, 1.82) is 0 Å². The van der Waals surface area contributed by atoms with Crippen molar-refractivity contribution in [2.24, 2.45) is 0 Å². The zero-order valence-corrected chi connectivity index (χ0v) is 14.9. The average Bonchev–Trinajstić information content (AvgIpc) is 3.05. The molecule has 0 spiro atoms. The summed E-state index contributed by atoms with van der Waals surface area (Å²) in [6.07, 6.45) is -0.129.